The number of nitrogens with one attached hydrogen (secondary N) is 1. The molecule has 10 nitrogen and oxygen atoms in total. The van der Waals surface area contributed by atoms with Gasteiger partial charge in [0.2, 0.25) is 0 Å². The maximum atomic E-state index is 11.8. The van der Waals surface area contributed by atoms with E-state index in [0.29, 0.717) is 0 Å². The second kappa shape index (κ2) is 6.61. The van der Waals surface area contributed by atoms with Gasteiger partial charge in [0.25, 0.3) is 0 Å². The van der Waals surface area contributed by atoms with Gasteiger partial charge >= 0.3 is 11.8 Å². The van der Waals surface area contributed by atoms with Crippen LogP contribution in [0.4, 0.5) is 10.6 Å². The second-order valence-electron chi connectivity index (χ2n) is 4.33. The number of rotatable bonds is 4. The lowest BCUT2D eigenvalue weighted by Crippen LogP contribution is -2.31. The zero-order valence-corrected chi connectivity index (χ0v) is 11.3. The van der Waals surface area contributed by atoms with Gasteiger partial charge in [-0.05, 0) is 6.92 Å². The van der Waals surface area contributed by atoms with Crippen molar-refractivity contribution in [3.05, 3.63) is 16.7 Å². The fourth-order valence-electron chi connectivity index (χ4n) is 1.91. The molecule has 1 amide bonds. The highest BCUT2D eigenvalue weighted by molar-refractivity contribution is 5.82. The third-order valence-corrected chi connectivity index (χ3v) is 2.88. The van der Waals surface area contributed by atoms with Crippen molar-refractivity contribution in [2.75, 3.05) is 18.5 Å². The molecule has 1 aliphatic heterocycles. The molecule has 0 radical (unpaired) electrons. The van der Waals surface area contributed by atoms with Crippen LogP contribution in [0.25, 0.3) is 0 Å². The lowest BCUT2D eigenvalue weighted by Gasteiger charge is -2.13. The molecule has 1 aromatic heterocycles. The summed E-state index contributed by atoms with van der Waals surface area (Å²) in [4.78, 5) is 26.7. The largest absolute Gasteiger partial charge is 0.450 e. The topological polar surface area (TPSA) is 136 Å². The summed E-state index contributed by atoms with van der Waals surface area (Å²) in [6, 6.07) is 0. The molecule has 0 aromatic carbocycles. The third-order valence-electron chi connectivity index (χ3n) is 2.88. The van der Waals surface area contributed by atoms with E-state index in [9.17, 15) is 14.7 Å². The highest BCUT2D eigenvalue weighted by atomic mass is 16.6. The Morgan fingerprint density at radius 2 is 2.43 bits per heavy atom. The average molecular weight is 300 g/mol. The standard InChI is InChI=1S/C11H16N4O6/c1-2-20-11(19)14-8-4-12-15(10(18)13-8)9-3-6(17)7(5-16)21-9/h4,6-7,9,16-17H,2-3,5H2,1H3,(H,13,14,18,19)/t6-,7+,9+/m0/s1. The van der Waals surface area contributed by atoms with E-state index < -0.39 is 30.2 Å². The number of carbonyl (C=O) groups excluding carboxylic acids is 1. The fourth-order valence-corrected chi connectivity index (χ4v) is 1.91. The van der Waals surface area contributed by atoms with Crippen molar-refractivity contribution in [1.82, 2.24) is 14.8 Å². The van der Waals surface area contributed by atoms with Crippen LogP contribution in [0.1, 0.15) is 19.6 Å². The van der Waals surface area contributed by atoms with Crippen LogP contribution in [-0.2, 0) is 9.47 Å². The Kier molecular flexibility index (Phi) is 4.83. The molecule has 1 fully saturated rings. The number of aliphatic hydroxyl groups excluding tert-OH is 2. The fraction of sp³-hybridized carbons (Fsp3) is 0.636. The van der Waals surface area contributed by atoms with Crippen molar-refractivity contribution in [2.24, 2.45) is 0 Å². The molecule has 0 bridgehead atoms. The predicted molar refractivity (Wildman–Crippen MR) is 68.6 cm³/mol. The molecule has 0 unspecified atom stereocenters. The van der Waals surface area contributed by atoms with Gasteiger partial charge in [0.05, 0.1) is 25.5 Å². The molecular formula is C11H16N4O6. The van der Waals surface area contributed by atoms with E-state index >= 15 is 0 Å². The summed E-state index contributed by atoms with van der Waals surface area (Å²) >= 11 is 0. The van der Waals surface area contributed by atoms with E-state index in [4.69, 9.17) is 9.84 Å². The summed E-state index contributed by atoms with van der Waals surface area (Å²) in [7, 11) is 0. The minimum absolute atomic E-state index is 0.0491. The molecule has 1 aromatic rings. The number of anilines is 1. The highest BCUT2D eigenvalue weighted by Crippen LogP contribution is 2.26. The second-order valence-corrected chi connectivity index (χ2v) is 4.33. The monoisotopic (exact) mass is 300 g/mol. The number of hydrogen-bond donors (Lipinski definition) is 3. The smallest absolute Gasteiger partial charge is 0.412 e. The van der Waals surface area contributed by atoms with Crippen LogP contribution in [0.2, 0.25) is 0 Å². The molecule has 1 aliphatic rings. The molecule has 10 heteroatoms. The van der Waals surface area contributed by atoms with E-state index in [2.05, 4.69) is 20.1 Å². The summed E-state index contributed by atoms with van der Waals surface area (Å²) in [5, 5.41) is 24.7. The number of hydrogen-bond acceptors (Lipinski definition) is 8. The summed E-state index contributed by atoms with van der Waals surface area (Å²) < 4.78 is 10.9. The molecule has 0 saturated carbocycles. The lowest BCUT2D eigenvalue weighted by molar-refractivity contribution is -0.0505. The number of ether oxygens (including phenoxy) is 2. The Bertz CT molecular complexity index is 562. The Hall–Kier alpha value is -2.04. The van der Waals surface area contributed by atoms with Crippen molar-refractivity contribution >= 4 is 11.9 Å². The van der Waals surface area contributed by atoms with Gasteiger partial charge in [-0.2, -0.15) is 14.8 Å². The molecular weight excluding hydrogens is 284 g/mol. The average Bonchev–Trinajstić information content (AvgIpc) is 2.80. The summed E-state index contributed by atoms with van der Waals surface area (Å²) in [6.45, 7) is 1.47. The van der Waals surface area contributed by atoms with Crippen molar-refractivity contribution in [3.63, 3.8) is 0 Å². The van der Waals surface area contributed by atoms with Gasteiger partial charge in [-0.3, -0.25) is 5.32 Å². The van der Waals surface area contributed by atoms with Gasteiger partial charge in [0, 0.05) is 6.42 Å². The molecule has 2 rings (SSSR count). The minimum atomic E-state index is -0.883. The Labute approximate surface area is 119 Å². The third kappa shape index (κ3) is 3.54. The number of nitrogens with zero attached hydrogens (tertiary/aromatic N) is 3. The van der Waals surface area contributed by atoms with Crippen LogP contribution in [0.5, 0.6) is 0 Å². The van der Waals surface area contributed by atoms with Gasteiger partial charge in [0.1, 0.15) is 6.10 Å². The summed E-state index contributed by atoms with van der Waals surface area (Å²) in [6.07, 6.45) is -1.91. The zero-order valence-electron chi connectivity index (χ0n) is 11.3. The van der Waals surface area contributed by atoms with Crippen LogP contribution < -0.4 is 11.0 Å². The van der Waals surface area contributed by atoms with Gasteiger partial charge in [-0.1, -0.05) is 0 Å². The van der Waals surface area contributed by atoms with Crippen molar-refractivity contribution in [1.29, 1.82) is 0 Å². The van der Waals surface area contributed by atoms with Crippen LogP contribution >= 0.6 is 0 Å². The van der Waals surface area contributed by atoms with Crippen molar-refractivity contribution < 1.29 is 24.5 Å². The highest BCUT2D eigenvalue weighted by Gasteiger charge is 2.35. The van der Waals surface area contributed by atoms with E-state index in [1.165, 1.54) is 6.20 Å². The maximum absolute atomic E-state index is 11.8. The number of amides is 1. The first-order chi connectivity index (χ1) is 10.0. The first-order valence-corrected chi connectivity index (χ1v) is 6.39. The first kappa shape index (κ1) is 15.4. The normalized spacial score (nSPS) is 24.8. The van der Waals surface area contributed by atoms with E-state index in [-0.39, 0.29) is 25.5 Å². The molecule has 21 heavy (non-hydrogen) atoms. The quantitative estimate of drug-likeness (QED) is 0.634. The maximum Gasteiger partial charge on any atom is 0.412 e. The zero-order chi connectivity index (χ0) is 15.4. The van der Waals surface area contributed by atoms with E-state index in [0.717, 1.165) is 4.68 Å². The lowest BCUT2D eigenvalue weighted by atomic mass is 10.2. The molecule has 116 valence electrons. The number of carbonyl (C=O) groups is 1. The van der Waals surface area contributed by atoms with Gasteiger partial charge < -0.3 is 19.7 Å². The Morgan fingerprint density at radius 3 is 3.00 bits per heavy atom. The van der Waals surface area contributed by atoms with Crippen molar-refractivity contribution in [2.45, 2.75) is 31.8 Å². The van der Waals surface area contributed by atoms with Crippen LogP contribution in [-0.4, -0.2) is 56.5 Å². The van der Waals surface area contributed by atoms with Gasteiger partial charge in [0.15, 0.2) is 12.0 Å². The van der Waals surface area contributed by atoms with Crippen LogP contribution in [0.15, 0.2) is 11.0 Å². The van der Waals surface area contributed by atoms with Crippen LogP contribution in [0.3, 0.4) is 0 Å². The molecule has 3 N–H and O–H groups in total. The van der Waals surface area contributed by atoms with Crippen molar-refractivity contribution in [3.8, 4) is 0 Å². The molecule has 2 heterocycles. The molecule has 1 saturated heterocycles. The molecule has 0 spiro atoms. The van der Waals surface area contributed by atoms with Gasteiger partial charge in [-0.25, -0.2) is 9.59 Å². The van der Waals surface area contributed by atoms with Gasteiger partial charge in [-0.15, -0.1) is 0 Å². The summed E-state index contributed by atoms with van der Waals surface area (Å²) in [5.74, 6) is -0.0491. The Balaban J connectivity index is 2.10. The van der Waals surface area contributed by atoms with Crippen LogP contribution in [0, 0.1) is 0 Å². The Morgan fingerprint density at radius 1 is 1.67 bits per heavy atom. The minimum Gasteiger partial charge on any atom is -0.450 e. The van der Waals surface area contributed by atoms with E-state index in [1.807, 2.05) is 0 Å². The SMILES string of the molecule is CCOC(=O)Nc1cnn([C@H]2C[C@H](O)[C@@H](CO)O2)c(=O)n1. The van der Waals surface area contributed by atoms with E-state index in [1.54, 1.807) is 6.92 Å². The number of aromatic nitrogens is 3. The predicted octanol–water partition coefficient (Wildman–Crippen LogP) is -1.15. The molecule has 3 atom stereocenters. The summed E-state index contributed by atoms with van der Waals surface area (Å²) in [5.41, 5.74) is -0.750. The number of aliphatic hydroxyl groups is 2. The molecule has 0 aliphatic carbocycles. The first-order valence-electron chi connectivity index (χ1n) is 6.39.